The zero-order chi connectivity index (χ0) is 20.1. The van der Waals surface area contributed by atoms with Crippen molar-refractivity contribution in [2.75, 3.05) is 25.3 Å². The molecule has 7 nitrogen and oxygen atoms in total. The van der Waals surface area contributed by atoms with Crippen molar-refractivity contribution < 1.29 is 27.5 Å². The molecule has 3 aromatic rings. The number of halogens is 2. The Bertz CT molecular complexity index is 976. The van der Waals surface area contributed by atoms with Gasteiger partial charge in [-0.2, -0.15) is 0 Å². The van der Waals surface area contributed by atoms with E-state index in [2.05, 4.69) is 15.5 Å². The minimum absolute atomic E-state index is 0.122. The van der Waals surface area contributed by atoms with E-state index in [0.29, 0.717) is 17.1 Å². The lowest BCUT2D eigenvalue weighted by molar-refractivity contribution is -0.113. The Labute approximate surface area is 163 Å². The number of nitrogens with one attached hydrogen (secondary N) is 1. The minimum Gasteiger partial charge on any atom is -0.497 e. The van der Waals surface area contributed by atoms with Crippen LogP contribution in [0.5, 0.6) is 11.5 Å². The molecule has 2 aromatic carbocycles. The number of ether oxygens (including phenoxy) is 2. The Morgan fingerprint density at radius 1 is 1.14 bits per heavy atom. The number of hydrogen-bond acceptors (Lipinski definition) is 7. The van der Waals surface area contributed by atoms with Gasteiger partial charge >= 0.3 is 0 Å². The lowest BCUT2D eigenvalue weighted by Crippen LogP contribution is -2.16. The van der Waals surface area contributed by atoms with Crippen molar-refractivity contribution in [3.05, 3.63) is 48.0 Å². The van der Waals surface area contributed by atoms with Gasteiger partial charge in [0.1, 0.15) is 28.8 Å². The van der Waals surface area contributed by atoms with E-state index in [1.165, 1.54) is 20.3 Å². The van der Waals surface area contributed by atoms with Crippen molar-refractivity contribution in [2.45, 2.75) is 5.22 Å². The first-order valence-corrected chi connectivity index (χ1v) is 8.93. The fourth-order valence-corrected chi connectivity index (χ4v) is 2.84. The average molecular weight is 407 g/mol. The molecule has 28 heavy (non-hydrogen) atoms. The summed E-state index contributed by atoms with van der Waals surface area (Å²) in [6.07, 6.45) is 0. The second kappa shape index (κ2) is 8.70. The molecule has 0 fully saturated rings. The Morgan fingerprint density at radius 2 is 1.89 bits per heavy atom. The van der Waals surface area contributed by atoms with Gasteiger partial charge in [0.15, 0.2) is 0 Å². The second-order valence-corrected chi connectivity index (χ2v) is 6.30. The van der Waals surface area contributed by atoms with E-state index in [9.17, 15) is 13.6 Å². The predicted octanol–water partition coefficient (Wildman–Crippen LogP) is 3.76. The molecule has 3 rings (SSSR count). The topological polar surface area (TPSA) is 86.5 Å². The number of anilines is 1. The average Bonchev–Trinajstić information content (AvgIpc) is 3.17. The van der Waals surface area contributed by atoms with Gasteiger partial charge < -0.3 is 19.2 Å². The van der Waals surface area contributed by atoms with Crippen LogP contribution in [0.4, 0.5) is 14.5 Å². The van der Waals surface area contributed by atoms with Gasteiger partial charge in [-0.25, -0.2) is 8.78 Å². The number of carbonyl (C=O) groups is 1. The normalized spacial score (nSPS) is 10.6. The Kier molecular flexibility index (Phi) is 6.09. The van der Waals surface area contributed by atoms with Gasteiger partial charge in [0.25, 0.3) is 11.1 Å². The van der Waals surface area contributed by atoms with Crippen LogP contribution in [0.2, 0.25) is 0 Å². The fraction of sp³-hybridized carbons (Fsp3) is 0.167. The van der Waals surface area contributed by atoms with Gasteiger partial charge in [-0.3, -0.25) is 4.79 Å². The quantitative estimate of drug-likeness (QED) is 0.597. The molecule has 0 unspecified atom stereocenters. The number of hydrogen-bond donors (Lipinski definition) is 1. The maximum Gasteiger partial charge on any atom is 0.277 e. The molecule has 0 saturated carbocycles. The summed E-state index contributed by atoms with van der Waals surface area (Å²) in [5, 5.41) is 10.1. The van der Waals surface area contributed by atoms with Gasteiger partial charge in [0.2, 0.25) is 5.91 Å². The predicted molar refractivity (Wildman–Crippen MR) is 98.5 cm³/mol. The summed E-state index contributed by atoms with van der Waals surface area (Å²) in [4.78, 5) is 11.9. The van der Waals surface area contributed by atoms with Crippen LogP contribution in [-0.4, -0.2) is 36.1 Å². The molecule has 0 bridgehead atoms. The lowest BCUT2D eigenvalue weighted by atomic mass is 10.2. The number of aromatic nitrogens is 2. The summed E-state index contributed by atoms with van der Waals surface area (Å²) in [7, 11) is 3.03. The third-order valence-corrected chi connectivity index (χ3v) is 4.42. The number of rotatable bonds is 7. The van der Waals surface area contributed by atoms with Gasteiger partial charge in [0, 0.05) is 6.07 Å². The van der Waals surface area contributed by atoms with E-state index < -0.39 is 23.2 Å². The first-order valence-electron chi connectivity index (χ1n) is 7.94. The lowest BCUT2D eigenvalue weighted by Gasteiger charge is -2.07. The van der Waals surface area contributed by atoms with E-state index in [0.717, 1.165) is 23.9 Å². The molecule has 1 amide bonds. The van der Waals surface area contributed by atoms with Crippen LogP contribution in [-0.2, 0) is 4.79 Å². The summed E-state index contributed by atoms with van der Waals surface area (Å²) in [5.41, 5.74) is 0.0582. The van der Waals surface area contributed by atoms with E-state index >= 15 is 0 Å². The molecule has 0 radical (unpaired) electrons. The first kappa shape index (κ1) is 19.6. The highest BCUT2D eigenvalue weighted by molar-refractivity contribution is 7.99. The number of benzene rings is 2. The van der Waals surface area contributed by atoms with Crippen molar-refractivity contribution >= 4 is 23.4 Å². The number of thioether (sulfide) groups is 1. The summed E-state index contributed by atoms with van der Waals surface area (Å²) in [5.74, 6) is -1.22. The molecule has 0 atom stereocenters. The SMILES string of the molecule is COc1ccc(-c2nnc(SCC(=O)Nc3c(F)cccc3F)o2)c(OC)c1. The van der Waals surface area contributed by atoms with Crippen molar-refractivity contribution in [3.63, 3.8) is 0 Å². The molecule has 1 N–H and O–H groups in total. The molecule has 0 aliphatic rings. The molecule has 0 aliphatic heterocycles. The Morgan fingerprint density at radius 3 is 2.57 bits per heavy atom. The highest BCUT2D eigenvalue weighted by Crippen LogP contribution is 2.33. The highest BCUT2D eigenvalue weighted by Gasteiger charge is 2.17. The second-order valence-electron chi connectivity index (χ2n) is 5.37. The van der Waals surface area contributed by atoms with E-state index in [-0.39, 0.29) is 16.9 Å². The molecule has 0 saturated heterocycles. The van der Waals surface area contributed by atoms with Crippen LogP contribution in [0.1, 0.15) is 0 Å². The largest absolute Gasteiger partial charge is 0.497 e. The van der Waals surface area contributed by atoms with E-state index in [1.54, 1.807) is 18.2 Å². The molecular formula is C18H15F2N3O4S. The van der Waals surface area contributed by atoms with Crippen molar-refractivity contribution in [1.82, 2.24) is 10.2 Å². The number of amides is 1. The summed E-state index contributed by atoms with van der Waals surface area (Å²) in [6, 6.07) is 8.40. The number of nitrogens with zero attached hydrogens (tertiary/aromatic N) is 2. The van der Waals surface area contributed by atoms with Gasteiger partial charge in [0.05, 0.1) is 25.5 Å². The maximum atomic E-state index is 13.6. The molecule has 1 aromatic heterocycles. The number of carbonyl (C=O) groups excluding carboxylic acids is 1. The van der Waals surface area contributed by atoms with Gasteiger partial charge in [-0.05, 0) is 24.3 Å². The van der Waals surface area contributed by atoms with Crippen molar-refractivity contribution in [2.24, 2.45) is 0 Å². The van der Waals surface area contributed by atoms with Crippen molar-refractivity contribution in [3.8, 4) is 23.0 Å². The number of para-hydroxylation sites is 1. The van der Waals surface area contributed by atoms with Crippen LogP contribution in [0, 0.1) is 11.6 Å². The van der Waals surface area contributed by atoms with Crippen LogP contribution in [0.25, 0.3) is 11.5 Å². The molecule has 0 spiro atoms. The van der Waals surface area contributed by atoms with Gasteiger partial charge in [-0.1, -0.05) is 17.8 Å². The van der Waals surface area contributed by atoms with Crippen LogP contribution >= 0.6 is 11.8 Å². The number of methoxy groups -OCH3 is 2. The highest BCUT2D eigenvalue weighted by atomic mass is 32.2. The smallest absolute Gasteiger partial charge is 0.277 e. The van der Waals surface area contributed by atoms with E-state index in [4.69, 9.17) is 13.9 Å². The van der Waals surface area contributed by atoms with Crippen LogP contribution < -0.4 is 14.8 Å². The van der Waals surface area contributed by atoms with E-state index in [1.807, 2.05) is 0 Å². The van der Waals surface area contributed by atoms with Gasteiger partial charge in [-0.15, -0.1) is 10.2 Å². The zero-order valence-electron chi connectivity index (χ0n) is 14.9. The molecule has 10 heteroatoms. The molecule has 1 heterocycles. The van der Waals surface area contributed by atoms with Crippen molar-refractivity contribution in [1.29, 1.82) is 0 Å². The monoisotopic (exact) mass is 407 g/mol. The Hall–Kier alpha value is -3.14. The zero-order valence-corrected chi connectivity index (χ0v) is 15.7. The van der Waals surface area contributed by atoms with Crippen LogP contribution in [0.3, 0.4) is 0 Å². The molecule has 146 valence electrons. The Balaban J connectivity index is 1.66. The fourth-order valence-electron chi connectivity index (χ4n) is 2.27. The summed E-state index contributed by atoms with van der Waals surface area (Å²) in [6.45, 7) is 0. The standard InChI is InChI=1S/C18H15F2N3O4S/c1-25-10-6-7-11(14(8-10)26-2)17-22-23-18(27-17)28-9-15(24)21-16-12(19)4-3-5-13(16)20/h3-8H,9H2,1-2H3,(H,21,24). The third kappa shape index (κ3) is 4.39. The minimum atomic E-state index is -0.856. The maximum absolute atomic E-state index is 13.6. The molecular weight excluding hydrogens is 392 g/mol. The first-order chi connectivity index (χ1) is 13.5. The van der Waals surface area contributed by atoms with Crippen LogP contribution in [0.15, 0.2) is 46.0 Å². The third-order valence-electron chi connectivity index (χ3n) is 3.60. The summed E-state index contributed by atoms with van der Waals surface area (Å²) < 4.78 is 43.1. The molecule has 0 aliphatic carbocycles. The summed E-state index contributed by atoms with van der Waals surface area (Å²) >= 11 is 0.933.